The quantitative estimate of drug-likeness (QED) is 0.853. The highest BCUT2D eigenvalue weighted by atomic mass is 35.5. The van der Waals surface area contributed by atoms with Crippen LogP contribution in [0.3, 0.4) is 0 Å². The van der Waals surface area contributed by atoms with Crippen molar-refractivity contribution >= 4 is 35.1 Å². The van der Waals surface area contributed by atoms with Gasteiger partial charge in [0.1, 0.15) is 5.54 Å². The Morgan fingerprint density at radius 1 is 1.04 bits per heavy atom. The minimum atomic E-state index is -1.16. The van der Waals surface area contributed by atoms with Crippen LogP contribution in [-0.4, -0.2) is 16.8 Å². The van der Waals surface area contributed by atoms with Gasteiger partial charge in [-0.05, 0) is 30.7 Å². The molecule has 1 fully saturated rings. The minimum absolute atomic E-state index is 0.182. The van der Waals surface area contributed by atoms with Crippen LogP contribution in [0.5, 0.6) is 0 Å². The van der Waals surface area contributed by atoms with Crippen molar-refractivity contribution in [3.05, 3.63) is 69.7 Å². The van der Waals surface area contributed by atoms with Crippen LogP contribution < -0.4 is 5.32 Å². The molecule has 3 amide bonds. The lowest BCUT2D eigenvalue weighted by molar-refractivity contribution is -0.131. The Bertz CT molecular complexity index is 776. The summed E-state index contributed by atoms with van der Waals surface area (Å²) >= 11 is 12.0. The molecule has 118 valence electrons. The van der Waals surface area contributed by atoms with Gasteiger partial charge in [-0.3, -0.25) is 9.69 Å². The van der Waals surface area contributed by atoms with Crippen LogP contribution in [0.2, 0.25) is 10.0 Å². The second-order valence-electron chi connectivity index (χ2n) is 5.55. The highest BCUT2D eigenvalue weighted by molar-refractivity contribution is 6.32. The highest BCUT2D eigenvalue weighted by Gasteiger charge is 2.49. The number of hydrogen-bond donors (Lipinski definition) is 1. The van der Waals surface area contributed by atoms with Gasteiger partial charge in [0, 0.05) is 15.6 Å². The second-order valence-corrected chi connectivity index (χ2v) is 6.40. The third kappa shape index (κ3) is 2.80. The first-order valence-electron chi connectivity index (χ1n) is 7.05. The maximum atomic E-state index is 12.8. The first kappa shape index (κ1) is 15.8. The lowest BCUT2D eigenvalue weighted by Crippen LogP contribution is -2.41. The molecule has 0 bridgehead atoms. The first-order chi connectivity index (χ1) is 10.9. The number of carbonyl (C=O) groups excluding carboxylic acids is 2. The minimum Gasteiger partial charge on any atom is -0.319 e. The van der Waals surface area contributed by atoms with Crippen molar-refractivity contribution in [2.45, 2.75) is 19.0 Å². The van der Waals surface area contributed by atoms with Crippen molar-refractivity contribution in [2.75, 3.05) is 0 Å². The van der Waals surface area contributed by atoms with Gasteiger partial charge >= 0.3 is 6.03 Å². The Balaban J connectivity index is 1.91. The molecule has 1 saturated heterocycles. The van der Waals surface area contributed by atoms with Gasteiger partial charge in [0.15, 0.2) is 0 Å². The molecule has 2 aromatic rings. The van der Waals surface area contributed by atoms with Crippen molar-refractivity contribution in [3.8, 4) is 0 Å². The third-order valence-electron chi connectivity index (χ3n) is 3.94. The summed E-state index contributed by atoms with van der Waals surface area (Å²) in [5.41, 5.74) is 0.238. The summed E-state index contributed by atoms with van der Waals surface area (Å²) in [4.78, 5) is 26.3. The molecular formula is C17H14Cl2N2O2. The van der Waals surface area contributed by atoms with E-state index in [0.29, 0.717) is 15.6 Å². The number of halogens is 2. The number of carbonyl (C=O) groups is 2. The van der Waals surface area contributed by atoms with Crippen molar-refractivity contribution in [1.29, 1.82) is 0 Å². The number of urea groups is 1. The van der Waals surface area contributed by atoms with E-state index >= 15 is 0 Å². The fraction of sp³-hybridized carbons (Fsp3) is 0.176. The van der Waals surface area contributed by atoms with Gasteiger partial charge in [-0.15, -0.1) is 0 Å². The van der Waals surface area contributed by atoms with E-state index in [2.05, 4.69) is 5.32 Å². The number of nitrogens with zero attached hydrogens (tertiary/aromatic N) is 1. The highest BCUT2D eigenvalue weighted by Crippen LogP contribution is 2.34. The van der Waals surface area contributed by atoms with E-state index in [0.717, 1.165) is 5.56 Å². The van der Waals surface area contributed by atoms with Crippen molar-refractivity contribution in [2.24, 2.45) is 0 Å². The van der Waals surface area contributed by atoms with Crippen LogP contribution in [0.25, 0.3) is 0 Å². The van der Waals surface area contributed by atoms with E-state index in [1.54, 1.807) is 55.5 Å². The van der Waals surface area contributed by atoms with E-state index in [9.17, 15) is 9.59 Å². The number of nitrogens with one attached hydrogen (secondary N) is 1. The van der Waals surface area contributed by atoms with Crippen LogP contribution in [-0.2, 0) is 16.9 Å². The van der Waals surface area contributed by atoms with Crippen LogP contribution in [0.15, 0.2) is 48.5 Å². The maximum Gasteiger partial charge on any atom is 0.325 e. The number of hydrogen-bond acceptors (Lipinski definition) is 2. The summed E-state index contributed by atoms with van der Waals surface area (Å²) in [5.74, 6) is -0.328. The Kier molecular flexibility index (Phi) is 4.04. The van der Waals surface area contributed by atoms with Gasteiger partial charge in [0.05, 0.1) is 6.54 Å². The van der Waals surface area contributed by atoms with Crippen molar-refractivity contribution in [1.82, 2.24) is 10.2 Å². The molecule has 1 aliphatic rings. The molecule has 0 aromatic heterocycles. The zero-order valence-electron chi connectivity index (χ0n) is 12.3. The number of imide groups is 1. The Morgan fingerprint density at radius 2 is 1.70 bits per heavy atom. The molecule has 0 spiro atoms. The fourth-order valence-electron chi connectivity index (χ4n) is 2.66. The molecule has 6 heteroatoms. The number of benzene rings is 2. The summed E-state index contributed by atoms with van der Waals surface area (Å²) in [5, 5.41) is 3.79. The van der Waals surface area contributed by atoms with Crippen molar-refractivity contribution in [3.63, 3.8) is 0 Å². The topological polar surface area (TPSA) is 49.4 Å². The maximum absolute atomic E-state index is 12.8. The summed E-state index contributed by atoms with van der Waals surface area (Å²) in [6, 6.07) is 13.6. The van der Waals surface area contributed by atoms with Gasteiger partial charge in [0.2, 0.25) is 0 Å². The molecule has 0 radical (unpaired) electrons. The van der Waals surface area contributed by atoms with Crippen molar-refractivity contribution < 1.29 is 9.59 Å². The van der Waals surface area contributed by atoms with E-state index in [1.165, 1.54) is 4.90 Å². The van der Waals surface area contributed by atoms with E-state index < -0.39 is 11.6 Å². The second kappa shape index (κ2) is 5.87. The van der Waals surface area contributed by atoms with E-state index in [1.807, 2.05) is 0 Å². The van der Waals surface area contributed by atoms with Crippen LogP contribution >= 0.6 is 23.2 Å². The third-order valence-corrected chi connectivity index (χ3v) is 4.52. The van der Waals surface area contributed by atoms with Gasteiger partial charge in [0.25, 0.3) is 5.91 Å². The van der Waals surface area contributed by atoms with Crippen LogP contribution in [0, 0.1) is 0 Å². The predicted molar refractivity (Wildman–Crippen MR) is 89.3 cm³/mol. The molecule has 4 nitrogen and oxygen atoms in total. The Morgan fingerprint density at radius 3 is 2.35 bits per heavy atom. The summed E-state index contributed by atoms with van der Waals surface area (Å²) in [6.45, 7) is 1.85. The molecule has 1 aliphatic heterocycles. The lowest BCUT2D eigenvalue weighted by Gasteiger charge is -2.23. The molecule has 0 aliphatic carbocycles. The SMILES string of the molecule is C[C@]1(c2ccccc2Cl)NC(=O)N(Cc2ccc(Cl)cc2)C1=O. The predicted octanol–water partition coefficient (Wildman–Crippen LogP) is 3.96. The molecule has 2 aromatic carbocycles. The zero-order chi connectivity index (χ0) is 16.6. The monoisotopic (exact) mass is 348 g/mol. The van der Waals surface area contributed by atoms with Crippen LogP contribution in [0.4, 0.5) is 4.79 Å². The smallest absolute Gasteiger partial charge is 0.319 e. The normalized spacial score (nSPS) is 20.7. The van der Waals surface area contributed by atoms with E-state index in [-0.39, 0.29) is 12.5 Å². The number of rotatable bonds is 3. The molecule has 0 saturated carbocycles. The average molecular weight is 349 g/mol. The molecule has 0 unspecified atom stereocenters. The van der Waals surface area contributed by atoms with Gasteiger partial charge in [-0.2, -0.15) is 0 Å². The standard InChI is InChI=1S/C17H14Cl2N2O2/c1-17(13-4-2-3-5-14(13)19)15(22)21(16(23)20-17)10-11-6-8-12(18)9-7-11/h2-9H,10H2,1H3,(H,20,23)/t17-/m1/s1. The van der Waals surface area contributed by atoms with Gasteiger partial charge in [-0.1, -0.05) is 53.5 Å². The van der Waals surface area contributed by atoms with Gasteiger partial charge in [-0.25, -0.2) is 4.79 Å². The van der Waals surface area contributed by atoms with E-state index in [4.69, 9.17) is 23.2 Å². The summed E-state index contributed by atoms with van der Waals surface area (Å²) in [7, 11) is 0. The molecule has 3 rings (SSSR count). The molecular weight excluding hydrogens is 335 g/mol. The average Bonchev–Trinajstić information content (AvgIpc) is 2.74. The summed E-state index contributed by atoms with van der Waals surface area (Å²) in [6.07, 6.45) is 0. The van der Waals surface area contributed by atoms with Crippen LogP contribution in [0.1, 0.15) is 18.1 Å². The lowest BCUT2D eigenvalue weighted by atomic mass is 9.92. The Hall–Kier alpha value is -2.04. The van der Waals surface area contributed by atoms with Gasteiger partial charge < -0.3 is 5.32 Å². The largest absolute Gasteiger partial charge is 0.325 e. The number of amides is 3. The fourth-order valence-corrected chi connectivity index (χ4v) is 3.11. The molecule has 1 atom stereocenters. The summed E-state index contributed by atoms with van der Waals surface area (Å²) < 4.78 is 0. The first-order valence-corrected chi connectivity index (χ1v) is 7.81. The zero-order valence-corrected chi connectivity index (χ0v) is 13.9. The Labute approximate surface area is 144 Å². The molecule has 23 heavy (non-hydrogen) atoms. The molecule has 1 N–H and O–H groups in total. The molecule has 1 heterocycles.